The molecule has 2 aromatic rings. The number of likely N-dealkylation sites (tertiary alicyclic amines) is 1. The number of aliphatic hydroxyl groups is 1. The number of hydrogen-bond donors (Lipinski definition) is 3. The number of fused-ring (bicyclic) bond motifs is 1. The van der Waals surface area contributed by atoms with Gasteiger partial charge in [0.25, 0.3) is 0 Å². The molecule has 2 unspecified atom stereocenters. The predicted octanol–water partition coefficient (Wildman–Crippen LogP) is 4.78. The third-order valence-corrected chi connectivity index (χ3v) is 11.2. The van der Waals surface area contributed by atoms with Crippen molar-refractivity contribution < 1.29 is 24.2 Å². The summed E-state index contributed by atoms with van der Waals surface area (Å²) in [6.07, 6.45) is 2.17. The molecule has 220 valence electrons. The number of amides is 3. The molecule has 3 heterocycles. The molecular formula is C32H41N3O5S. The molecule has 2 bridgehead atoms. The van der Waals surface area contributed by atoms with Gasteiger partial charge >= 0.3 is 0 Å². The number of thioether (sulfide) groups is 1. The molecule has 0 radical (unpaired) electrons. The van der Waals surface area contributed by atoms with E-state index in [0.29, 0.717) is 24.4 Å². The first kappa shape index (κ1) is 29.5. The van der Waals surface area contributed by atoms with Crippen LogP contribution in [0.4, 0.5) is 11.4 Å². The minimum atomic E-state index is -0.788. The van der Waals surface area contributed by atoms with E-state index in [0.717, 1.165) is 29.7 Å². The Morgan fingerprint density at radius 1 is 1.12 bits per heavy atom. The number of carbonyl (C=O) groups excluding carboxylic acids is 3. The summed E-state index contributed by atoms with van der Waals surface area (Å²) in [4.78, 5) is 44.1. The number of benzene rings is 2. The number of aryl methyl sites for hydroxylation is 2. The quantitative estimate of drug-likeness (QED) is 0.374. The maximum Gasteiger partial charge on any atom is 0.248 e. The molecule has 3 aliphatic heterocycles. The van der Waals surface area contributed by atoms with Crippen molar-refractivity contribution in [3.05, 3.63) is 53.6 Å². The van der Waals surface area contributed by atoms with E-state index in [4.69, 9.17) is 4.74 Å². The number of nitrogens with one attached hydrogen (secondary N) is 2. The van der Waals surface area contributed by atoms with Crippen molar-refractivity contribution in [3.63, 3.8) is 0 Å². The molecule has 0 aliphatic carbocycles. The average Bonchev–Trinajstić information content (AvgIpc) is 3.60. The third kappa shape index (κ3) is 5.12. The van der Waals surface area contributed by atoms with Crippen LogP contribution in [0.15, 0.2) is 42.5 Å². The highest BCUT2D eigenvalue weighted by Gasteiger charge is 2.74. The Balaban J connectivity index is 1.49. The van der Waals surface area contributed by atoms with Crippen LogP contribution < -0.4 is 15.4 Å². The zero-order valence-corrected chi connectivity index (χ0v) is 25.3. The number of rotatable bonds is 10. The summed E-state index contributed by atoms with van der Waals surface area (Å²) in [6, 6.07) is 11.8. The lowest BCUT2D eigenvalue weighted by atomic mass is 9.70. The van der Waals surface area contributed by atoms with Crippen molar-refractivity contribution in [1.82, 2.24) is 4.90 Å². The zero-order valence-electron chi connectivity index (χ0n) is 24.5. The Hall–Kier alpha value is -3.04. The van der Waals surface area contributed by atoms with Gasteiger partial charge in [0.15, 0.2) is 0 Å². The van der Waals surface area contributed by atoms with Crippen LogP contribution >= 0.6 is 11.8 Å². The summed E-state index contributed by atoms with van der Waals surface area (Å²) < 4.78 is 4.78. The summed E-state index contributed by atoms with van der Waals surface area (Å²) in [5, 5.41) is 16.6. The van der Waals surface area contributed by atoms with E-state index in [2.05, 4.69) is 10.6 Å². The lowest BCUT2D eigenvalue weighted by Crippen LogP contribution is -2.56. The number of anilines is 2. The minimum Gasteiger partial charge on any atom is -0.494 e. The normalized spacial score (nSPS) is 27.9. The van der Waals surface area contributed by atoms with Crippen molar-refractivity contribution in [3.8, 4) is 5.75 Å². The average molecular weight is 580 g/mol. The van der Waals surface area contributed by atoms with Gasteiger partial charge < -0.3 is 25.4 Å². The Bertz CT molecular complexity index is 1320. The number of hydrogen-bond acceptors (Lipinski definition) is 6. The van der Waals surface area contributed by atoms with Crippen molar-refractivity contribution >= 4 is 40.9 Å². The fourth-order valence-corrected chi connectivity index (χ4v) is 9.17. The van der Waals surface area contributed by atoms with Gasteiger partial charge in [0, 0.05) is 16.6 Å². The Morgan fingerprint density at radius 3 is 2.51 bits per heavy atom. The van der Waals surface area contributed by atoms with Crippen LogP contribution in [0, 0.1) is 31.6 Å². The summed E-state index contributed by atoms with van der Waals surface area (Å²) >= 11 is 1.63. The van der Waals surface area contributed by atoms with E-state index in [9.17, 15) is 19.5 Å². The SMILES string of the molecule is CCOc1ccc(NC(=O)[C@@H]2[C@@H]3CCC4(S3)C(C(=O)Nc3cc(C)ccc3C)N([C@@H](CO)[C@@H](C)CC)C(=O)[C@H]24)cc1. The van der Waals surface area contributed by atoms with E-state index in [1.165, 1.54) is 0 Å². The third-order valence-electron chi connectivity index (χ3n) is 9.22. The van der Waals surface area contributed by atoms with Crippen LogP contribution in [-0.2, 0) is 14.4 Å². The summed E-state index contributed by atoms with van der Waals surface area (Å²) in [6.45, 7) is 10.2. The highest BCUT2D eigenvalue weighted by atomic mass is 32.2. The van der Waals surface area contributed by atoms with Gasteiger partial charge in [-0.2, -0.15) is 0 Å². The second-order valence-corrected chi connectivity index (χ2v) is 13.3. The van der Waals surface area contributed by atoms with Crippen molar-refractivity contribution in [1.29, 1.82) is 0 Å². The van der Waals surface area contributed by atoms with E-state index in [1.54, 1.807) is 28.8 Å². The van der Waals surface area contributed by atoms with Gasteiger partial charge in [-0.3, -0.25) is 14.4 Å². The fraction of sp³-hybridized carbons (Fsp3) is 0.531. The Morgan fingerprint density at radius 2 is 1.85 bits per heavy atom. The lowest BCUT2D eigenvalue weighted by molar-refractivity contribution is -0.142. The second kappa shape index (κ2) is 11.7. The van der Waals surface area contributed by atoms with E-state index in [1.807, 2.05) is 65.0 Å². The van der Waals surface area contributed by atoms with Crippen LogP contribution in [0.1, 0.15) is 51.2 Å². The molecule has 3 fully saturated rings. The number of carbonyl (C=O) groups is 3. The van der Waals surface area contributed by atoms with E-state index < -0.39 is 28.7 Å². The Labute approximate surface area is 246 Å². The molecule has 8 nitrogen and oxygen atoms in total. The van der Waals surface area contributed by atoms with Gasteiger partial charge in [0.05, 0.1) is 35.8 Å². The molecule has 9 heteroatoms. The van der Waals surface area contributed by atoms with Crippen molar-refractivity contribution in [2.75, 3.05) is 23.8 Å². The molecule has 3 saturated heterocycles. The summed E-state index contributed by atoms with van der Waals surface area (Å²) in [5.74, 6) is -1.16. The molecular weight excluding hydrogens is 538 g/mol. The number of aliphatic hydroxyl groups excluding tert-OH is 1. The molecule has 0 saturated carbocycles. The molecule has 41 heavy (non-hydrogen) atoms. The smallest absolute Gasteiger partial charge is 0.248 e. The molecule has 0 aromatic heterocycles. The first-order chi connectivity index (χ1) is 19.6. The maximum atomic E-state index is 14.4. The largest absolute Gasteiger partial charge is 0.494 e. The summed E-state index contributed by atoms with van der Waals surface area (Å²) in [7, 11) is 0. The topological polar surface area (TPSA) is 108 Å². The van der Waals surface area contributed by atoms with Gasteiger partial charge in [0.1, 0.15) is 11.8 Å². The first-order valence-electron chi connectivity index (χ1n) is 14.7. The van der Waals surface area contributed by atoms with Crippen LogP contribution in [0.2, 0.25) is 0 Å². The zero-order chi connectivity index (χ0) is 29.5. The maximum absolute atomic E-state index is 14.4. The first-order valence-corrected chi connectivity index (χ1v) is 15.6. The van der Waals surface area contributed by atoms with E-state index >= 15 is 0 Å². The number of ether oxygens (including phenoxy) is 1. The molecule has 3 N–H and O–H groups in total. The second-order valence-electron chi connectivity index (χ2n) is 11.7. The van der Waals surface area contributed by atoms with Crippen LogP contribution in [0.5, 0.6) is 5.75 Å². The van der Waals surface area contributed by atoms with Gasteiger partial charge in [-0.15, -0.1) is 11.8 Å². The molecule has 7 atom stereocenters. The van der Waals surface area contributed by atoms with E-state index in [-0.39, 0.29) is 35.5 Å². The molecule has 5 rings (SSSR count). The van der Waals surface area contributed by atoms with Crippen LogP contribution in [0.3, 0.4) is 0 Å². The lowest BCUT2D eigenvalue weighted by Gasteiger charge is -2.39. The van der Waals surface area contributed by atoms with Gasteiger partial charge in [-0.25, -0.2) is 0 Å². The minimum absolute atomic E-state index is 0.0199. The van der Waals surface area contributed by atoms with Gasteiger partial charge in [0.2, 0.25) is 17.7 Å². The van der Waals surface area contributed by atoms with Gasteiger partial charge in [-0.05, 0) is 81.0 Å². The van der Waals surface area contributed by atoms with Crippen LogP contribution in [-0.4, -0.2) is 63.0 Å². The highest BCUT2D eigenvalue weighted by Crippen LogP contribution is 2.67. The molecule has 1 spiro atoms. The predicted molar refractivity (Wildman–Crippen MR) is 162 cm³/mol. The Kier molecular flexibility index (Phi) is 8.39. The van der Waals surface area contributed by atoms with Gasteiger partial charge in [-0.1, -0.05) is 32.4 Å². The molecule has 2 aromatic carbocycles. The van der Waals surface area contributed by atoms with Crippen LogP contribution in [0.25, 0.3) is 0 Å². The molecule has 3 aliphatic rings. The summed E-state index contributed by atoms with van der Waals surface area (Å²) in [5.41, 5.74) is 3.31. The standard InChI is InChI=1S/C32H41N3O5S/c1-6-19(4)24(17-36)35-28(30(38)34-23-16-18(3)8-9-20(23)5)32-15-14-25(41-32)26(27(32)31(35)39)29(37)33-21-10-12-22(13-11-21)40-7-2/h8-13,16,19,24-28,36H,6-7,14-15,17H2,1-5H3,(H,33,37)(H,34,38)/t19-,24-,25-,26+,27-,28?,32?/m0/s1. The molecule has 3 amide bonds. The monoisotopic (exact) mass is 579 g/mol. The van der Waals surface area contributed by atoms with Crippen molar-refractivity contribution in [2.45, 2.75) is 76.0 Å². The fourth-order valence-electron chi connectivity index (χ4n) is 6.96. The number of nitrogens with zero attached hydrogens (tertiary/aromatic N) is 1. The van der Waals surface area contributed by atoms with Crippen molar-refractivity contribution in [2.24, 2.45) is 17.8 Å². The highest BCUT2D eigenvalue weighted by molar-refractivity contribution is 8.02.